The van der Waals surface area contributed by atoms with Gasteiger partial charge in [-0.1, -0.05) is 518 Å². The van der Waals surface area contributed by atoms with Gasteiger partial charge in [-0.3, -0.25) is 0 Å². The van der Waals surface area contributed by atoms with Crippen LogP contribution in [-0.2, 0) is 0 Å². The highest BCUT2D eigenvalue weighted by Gasteiger charge is 2.17. The third-order valence-electron chi connectivity index (χ3n) is 33.3. The summed E-state index contributed by atoms with van der Waals surface area (Å²) in [5.74, 6) is 0. The molecular formula is C136H288N14. The highest BCUT2D eigenvalue weighted by Crippen LogP contribution is 2.21. The maximum absolute atomic E-state index is 3.95. The van der Waals surface area contributed by atoms with E-state index in [0.29, 0.717) is 0 Å². The fraction of sp³-hybridized carbons (Fsp3) is 1.00. The zero-order valence-electron chi connectivity index (χ0n) is 105. The summed E-state index contributed by atoms with van der Waals surface area (Å²) in [6, 6.07) is 0. The molecule has 0 rings (SSSR count). The van der Waals surface area contributed by atoms with Crippen LogP contribution in [0, 0.1) is 0 Å². The van der Waals surface area contributed by atoms with Crippen LogP contribution in [0.3, 0.4) is 0 Å². The van der Waals surface area contributed by atoms with Crippen LogP contribution < -0.4 is 42.5 Å². The lowest BCUT2D eigenvalue weighted by Gasteiger charge is -2.29. The first-order valence-corrected chi connectivity index (χ1v) is 70.5. The minimum absolute atomic E-state index is 1.16. The van der Waals surface area contributed by atoms with Crippen molar-refractivity contribution in [3.8, 4) is 0 Å². The first-order chi connectivity index (χ1) is 74.5. The molecule has 0 aliphatic rings. The van der Waals surface area contributed by atoms with E-state index in [4.69, 9.17) is 0 Å². The topological polar surface area (TPSA) is 116 Å². The molecule has 14 heteroatoms. The minimum Gasteiger partial charge on any atom is -0.317 e. The van der Waals surface area contributed by atoms with Crippen molar-refractivity contribution >= 4 is 0 Å². The van der Waals surface area contributed by atoms with E-state index < -0.39 is 0 Å². The van der Waals surface area contributed by atoms with Crippen LogP contribution in [0.25, 0.3) is 0 Å². The summed E-state index contributed by atoms with van der Waals surface area (Å²) in [7, 11) is 0. The number of hydrogen-bond acceptors (Lipinski definition) is 14. The molecule has 0 aromatic rings. The largest absolute Gasteiger partial charge is 0.317 e. The van der Waals surface area contributed by atoms with Gasteiger partial charge in [0.25, 0.3) is 0 Å². The van der Waals surface area contributed by atoms with Gasteiger partial charge in [0.05, 0.1) is 0 Å². The second-order valence-corrected chi connectivity index (χ2v) is 48.5. The monoisotopic (exact) mass is 2120 g/mol. The molecule has 0 atom stereocenters. The molecule has 0 saturated carbocycles. The Bertz CT molecular complexity index is 1880. The molecular weight excluding hydrogens is 1830 g/mol. The van der Waals surface area contributed by atoms with Gasteiger partial charge in [0.2, 0.25) is 0 Å². The molecule has 0 aromatic heterocycles. The molecule has 0 bridgehead atoms. The predicted molar refractivity (Wildman–Crippen MR) is 681 cm³/mol. The standard InChI is InChI=1S/C136H288N14/c1-9-17-25-33-41-49-57-65-73-81-103-137-111-91-121-147(122-92-112-138-104-82-74-66-58-50-42-34-26-18-10-2)133-99-129-145(130-100-134-148(123-93-113-139-105-83-75-67-59-51-43-35-27-19-11-3)124-94-114-140-106-84-76-68-60-52-44-36-28-20-12-4)119-89-90-120-146(131-101-135-149(125-95-115-141-107-85-77-69-61-53-45-37-29-21-13-5)126-96-116-142-108-86-78-70-62-54-46-38-30-22-14-6)132-102-136-150(127-97-117-143-109-87-79-71-63-55-47-39-31-23-15-7)128-98-118-144-110-88-80-72-64-56-48-40-32-24-16-8/h137-144H,9-136H2,1-8H3. The number of hydrogen-bond donors (Lipinski definition) is 8. The van der Waals surface area contributed by atoms with Gasteiger partial charge in [-0.05, 0) is 364 Å². The lowest BCUT2D eigenvalue weighted by Crippen LogP contribution is -2.37. The van der Waals surface area contributed by atoms with E-state index in [2.05, 4.69) is 127 Å². The minimum atomic E-state index is 1.16. The van der Waals surface area contributed by atoms with Crippen LogP contribution in [-0.4, -0.2) is 252 Å². The highest BCUT2D eigenvalue weighted by molar-refractivity contribution is 4.74. The third kappa shape index (κ3) is 126. The molecule has 0 aliphatic heterocycles. The van der Waals surface area contributed by atoms with Crippen LogP contribution >= 0.6 is 0 Å². The van der Waals surface area contributed by atoms with Gasteiger partial charge >= 0.3 is 0 Å². The molecule has 0 amide bonds. The van der Waals surface area contributed by atoms with Crippen molar-refractivity contribution in [3.05, 3.63) is 0 Å². The van der Waals surface area contributed by atoms with Crippen LogP contribution in [0.1, 0.15) is 659 Å². The summed E-state index contributed by atoms with van der Waals surface area (Å²) in [6.45, 7) is 59.8. The van der Waals surface area contributed by atoms with Crippen molar-refractivity contribution in [2.45, 2.75) is 659 Å². The van der Waals surface area contributed by atoms with Crippen molar-refractivity contribution in [1.29, 1.82) is 0 Å². The quantitative estimate of drug-likeness (QED) is 0.0276. The maximum Gasteiger partial charge on any atom is -0.000653 e. The van der Waals surface area contributed by atoms with E-state index in [1.54, 1.807) is 0 Å². The SMILES string of the molecule is CCCCCCCCCCCCNCCCN(CCCNCCCCCCCCCCCC)CCCN(CCCCN(CCCN(CCCNCCCCCCCCCCCC)CCCNCCCCCCCCCCCC)CCCN(CCCNCCCCCCCCCCCC)CCCNCCCCCCCCCCCC)CCCN(CCCNCCCCCCCCCCCC)CCCNCCCCCCCCCCCC. The Hall–Kier alpha value is -0.560. The second-order valence-electron chi connectivity index (χ2n) is 48.5. The van der Waals surface area contributed by atoms with E-state index in [1.807, 2.05) is 0 Å². The van der Waals surface area contributed by atoms with Crippen LogP contribution in [0.4, 0.5) is 0 Å². The Morgan fingerprint density at radius 2 is 0.147 bits per heavy atom. The van der Waals surface area contributed by atoms with E-state index in [-0.39, 0.29) is 0 Å². The molecule has 0 radical (unpaired) electrons. The van der Waals surface area contributed by atoms with Crippen molar-refractivity contribution < 1.29 is 0 Å². The zero-order chi connectivity index (χ0) is 108. The normalized spacial score (nSPS) is 12.1. The number of unbranched alkanes of at least 4 members (excludes halogenated alkanes) is 73. The lowest BCUT2D eigenvalue weighted by molar-refractivity contribution is 0.189. The Balaban J connectivity index is 7.34. The zero-order valence-corrected chi connectivity index (χ0v) is 105. The van der Waals surface area contributed by atoms with E-state index >= 15 is 0 Å². The number of nitrogens with zero attached hydrogens (tertiary/aromatic N) is 6. The molecule has 0 unspecified atom stereocenters. The molecule has 0 heterocycles. The summed E-state index contributed by atoms with van der Waals surface area (Å²) in [5.41, 5.74) is 0. The molecule has 14 nitrogen and oxygen atoms in total. The number of rotatable bonds is 141. The van der Waals surface area contributed by atoms with Gasteiger partial charge in [0.1, 0.15) is 0 Å². The van der Waals surface area contributed by atoms with Gasteiger partial charge < -0.3 is 71.9 Å². The van der Waals surface area contributed by atoms with Gasteiger partial charge in [-0.15, -0.1) is 0 Å². The second kappa shape index (κ2) is 137. The molecule has 0 saturated heterocycles. The van der Waals surface area contributed by atoms with Crippen LogP contribution in [0.15, 0.2) is 0 Å². The Morgan fingerprint density at radius 1 is 0.0733 bits per heavy atom. The average molecular weight is 2120 g/mol. The van der Waals surface area contributed by atoms with Crippen molar-refractivity contribution in [1.82, 2.24) is 71.9 Å². The first kappa shape index (κ1) is 149. The van der Waals surface area contributed by atoms with Gasteiger partial charge in [0, 0.05) is 0 Å². The molecule has 0 fully saturated rings. The third-order valence-corrected chi connectivity index (χ3v) is 33.3. The van der Waals surface area contributed by atoms with Gasteiger partial charge in [-0.25, -0.2) is 0 Å². The molecule has 902 valence electrons. The summed E-state index contributed by atoms with van der Waals surface area (Å²) in [6.07, 6.45) is 131. The van der Waals surface area contributed by atoms with Gasteiger partial charge in [-0.2, -0.15) is 0 Å². The summed E-state index contributed by atoms with van der Waals surface area (Å²) >= 11 is 0. The molecule has 0 aliphatic carbocycles. The first-order valence-electron chi connectivity index (χ1n) is 70.5. The van der Waals surface area contributed by atoms with E-state index in [1.165, 1.54) is 774 Å². The van der Waals surface area contributed by atoms with Crippen molar-refractivity contribution in [3.63, 3.8) is 0 Å². The molecule has 8 N–H and O–H groups in total. The van der Waals surface area contributed by atoms with Gasteiger partial charge in [0.15, 0.2) is 0 Å². The van der Waals surface area contributed by atoms with E-state index in [9.17, 15) is 0 Å². The van der Waals surface area contributed by atoms with Crippen molar-refractivity contribution in [2.75, 3.05) is 223 Å². The maximum atomic E-state index is 3.95. The Labute approximate surface area is 947 Å². The average Bonchev–Trinajstić information content (AvgIpc) is 0.945. The van der Waals surface area contributed by atoms with Crippen LogP contribution in [0.5, 0.6) is 0 Å². The number of nitrogens with one attached hydrogen (secondary N) is 8. The van der Waals surface area contributed by atoms with Crippen LogP contribution in [0.2, 0.25) is 0 Å². The Kier molecular flexibility index (Phi) is 137. The smallest absolute Gasteiger partial charge is 0.000653 e. The molecule has 0 spiro atoms. The summed E-state index contributed by atoms with van der Waals surface area (Å²) in [4.78, 5) is 17.7. The summed E-state index contributed by atoms with van der Waals surface area (Å²) in [5, 5.41) is 31.6. The predicted octanol–water partition coefficient (Wildman–Crippen LogP) is 36.3. The fourth-order valence-electron chi connectivity index (χ4n) is 23.1. The molecule has 150 heavy (non-hydrogen) atoms. The molecule has 0 aromatic carbocycles. The van der Waals surface area contributed by atoms with E-state index in [0.717, 1.165) is 52.4 Å². The summed E-state index contributed by atoms with van der Waals surface area (Å²) < 4.78 is 0. The lowest BCUT2D eigenvalue weighted by atomic mass is 10.1. The fourth-order valence-corrected chi connectivity index (χ4v) is 23.1. The Morgan fingerprint density at radius 3 is 0.247 bits per heavy atom. The van der Waals surface area contributed by atoms with Crippen molar-refractivity contribution in [2.24, 2.45) is 0 Å². The highest BCUT2D eigenvalue weighted by atomic mass is 15.2.